The van der Waals surface area contributed by atoms with Gasteiger partial charge in [-0.25, -0.2) is 0 Å². The minimum absolute atomic E-state index is 1.05. The molecule has 18 aromatic rings. The fourth-order valence-electron chi connectivity index (χ4n) is 14.3. The van der Waals surface area contributed by atoms with Gasteiger partial charge in [0.1, 0.15) is 0 Å². The van der Waals surface area contributed by atoms with Crippen molar-refractivity contribution in [2.24, 2.45) is 0 Å². The van der Waals surface area contributed by atoms with E-state index in [0.717, 1.165) is 34.1 Å². The van der Waals surface area contributed by atoms with E-state index in [9.17, 15) is 0 Å². The summed E-state index contributed by atoms with van der Waals surface area (Å²) in [4.78, 5) is 2.41. The third kappa shape index (κ3) is 7.86. The van der Waals surface area contributed by atoms with Crippen LogP contribution in [0.3, 0.4) is 0 Å². The van der Waals surface area contributed by atoms with Crippen molar-refractivity contribution in [2.45, 2.75) is 0 Å². The van der Waals surface area contributed by atoms with Gasteiger partial charge in [-0.15, -0.1) is 0 Å². The van der Waals surface area contributed by atoms with E-state index in [1.807, 2.05) is 0 Å². The molecule has 0 N–H and O–H groups in total. The van der Waals surface area contributed by atoms with E-state index >= 15 is 0 Å². The van der Waals surface area contributed by atoms with E-state index in [2.05, 4.69) is 346 Å². The molecule has 0 radical (unpaired) electrons. The zero-order valence-electron chi connectivity index (χ0n) is 48.0. The second kappa shape index (κ2) is 20.0. The van der Waals surface area contributed by atoms with Crippen LogP contribution in [0.2, 0.25) is 0 Å². The molecule has 0 saturated heterocycles. The van der Waals surface area contributed by atoms with E-state index in [1.54, 1.807) is 0 Å². The number of rotatable bonds is 9. The molecule has 0 spiro atoms. The summed E-state index contributed by atoms with van der Waals surface area (Å²) >= 11 is 0. The number of hydrogen-bond donors (Lipinski definition) is 0. The summed E-state index contributed by atoms with van der Waals surface area (Å²) in [6.07, 6.45) is 0. The molecule has 0 bridgehead atoms. The van der Waals surface area contributed by atoms with E-state index in [-0.39, 0.29) is 0 Å². The summed E-state index contributed by atoms with van der Waals surface area (Å²) in [5.74, 6) is 0. The molecule has 18 rings (SSSR count). The maximum Gasteiger partial charge on any atom is 0.0547 e. The molecule has 0 aliphatic rings. The number of hydrogen-bond acceptors (Lipinski definition) is 1. The average Bonchev–Trinajstić information content (AvgIpc) is 2.30. The number of nitrogens with zero attached hydrogens (tertiary/aromatic N) is 4. The van der Waals surface area contributed by atoms with Gasteiger partial charge in [0, 0.05) is 66.4 Å². The quantitative estimate of drug-likeness (QED) is 0.141. The van der Waals surface area contributed by atoms with Crippen LogP contribution in [0.25, 0.3) is 148 Å². The maximum absolute atomic E-state index is 2.46. The fraction of sp³-hybridized carbons (Fsp3) is 0. The smallest absolute Gasteiger partial charge is 0.0547 e. The minimum Gasteiger partial charge on any atom is -0.310 e. The first-order chi connectivity index (χ1) is 43.6. The zero-order chi connectivity index (χ0) is 57.8. The molecule has 0 fully saturated rings. The number of fused-ring (bicyclic) bond motifs is 15. The Morgan fingerprint density at radius 2 is 0.455 bits per heavy atom. The van der Waals surface area contributed by atoms with Crippen molar-refractivity contribution in [3.63, 3.8) is 0 Å². The van der Waals surface area contributed by atoms with Gasteiger partial charge in [-0.1, -0.05) is 218 Å². The maximum atomic E-state index is 2.46. The van der Waals surface area contributed by atoms with Crippen molar-refractivity contribution in [1.82, 2.24) is 13.7 Å². The lowest BCUT2D eigenvalue weighted by molar-refractivity contribution is 1.16. The Morgan fingerprint density at radius 1 is 0.182 bits per heavy atom. The van der Waals surface area contributed by atoms with Crippen LogP contribution in [0, 0.1) is 0 Å². The van der Waals surface area contributed by atoms with Gasteiger partial charge in [-0.2, -0.15) is 0 Å². The molecule has 0 atom stereocenters. The molecule has 0 amide bonds. The SMILES string of the molecule is c1ccc(-c2ccc3c4c5ccccc5ccc4n(-c4ccc(N(c5ccc(-n6c7cc(-c8ccccc8)ccc7c7c8ccccc8ccc76)cc5)c5ccc(-n6c7cc(-c8ccccc8)ccc7c7c8ccccc8ccc76)cc5)cc4)c3c2)cc1. The van der Waals surface area contributed by atoms with Gasteiger partial charge >= 0.3 is 0 Å². The lowest BCUT2D eigenvalue weighted by Crippen LogP contribution is -2.10. The first-order valence-electron chi connectivity index (χ1n) is 30.3. The molecule has 0 aliphatic carbocycles. The van der Waals surface area contributed by atoms with Gasteiger partial charge in [-0.05, 0) is 175 Å². The van der Waals surface area contributed by atoms with E-state index in [1.165, 1.54) is 131 Å². The van der Waals surface area contributed by atoms with Crippen molar-refractivity contribution in [2.75, 3.05) is 4.90 Å². The molecular weight excluding hydrogens is 1060 g/mol. The molecule has 0 unspecified atom stereocenters. The molecule has 0 saturated carbocycles. The van der Waals surface area contributed by atoms with Crippen LogP contribution in [0.4, 0.5) is 17.1 Å². The van der Waals surface area contributed by atoms with Crippen molar-refractivity contribution >= 4 is 115 Å². The summed E-state index contributed by atoms with van der Waals surface area (Å²) < 4.78 is 7.37. The Balaban J connectivity index is 0.814. The number of benzene rings is 15. The minimum atomic E-state index is 1.05. The van der Waals surface area contributed by atoms with Gasteiger partial charge in [0.25, 0.3) is 0 Å². The molecule has 3 heterocycles. The summed E-state index contributed by atoms with van der Waals surface area (Å²) in [5, 5.41) is 14.9. The first-order valence-corrected chi connectivity index (χ1v) is 30.3. The van der Waals surface area contributed by atoms with E-state index < -0.39 is 0 Å². The summed E-state index contributed by atoms with van der Waals surface area (Å²) in [7, 11) is 0. The zero-order valence-corrected chi connectivity index (χ0v) is 48.0. The molecule has 15 aromatic carbocycles. The Morgan fingerprint density at radius 3 is 0.750 bits per heavy atom. The molecule has 4 heteroatoms. The lowest BCUT2D eigenvalue weighted by Gasteiger charge is -2.26. The second-order valence-corrected chi connectivity index (χ2v) is 23.2. The van der Waals surface area contributed by atoms with Crippen molar-refractivity contribution in [1.29, 1.82) is 0 Å². The summed E-state index contributed by atoms with van der Waals surface area (Å²) in [5.41, 5.74) is 20.6. The monoisotopic (exact) mass is 1120 g/mol. The Hall–Kier alpha value is -11.7. The van der Waals surface area contributed by atoms with Crippen molar-refractivity contribution in [3.8, 4) is 50.4 Å². The van der Waals surface area contributed by atoms with Gasteiger partial charge in [-0.3, -0.25) is 0 Å². The standard InChI is InChI=1S/C84H54N4/c1-4-16-55(17-5-1)61-28-46-73-79(52-61)86(76-49-31-58-22-10-13-25-70(58)82(73)76)67-40-34-64(35-41-67)85(65-36-42-68(43-37-65)87-77-50-32-59-23-11-14-26-71(59)83(77)74-47-29-62(53-80(74)87)56-18-6-2-7-19-56)66-38-44-69(45-39-66)88-78-51-33-60-24-12-15-27-72(60)84(78)75-48-30-63(54-81(75)88)57-20-8-3-9-21-57/h1-54H. The van der Waals surface area contributed by atoms with Crippen LogP contribution >= 0.6 is 0 Å². The van der Waals surface area contributed by atoms with Crippen LogP contribution in [-0.2, 0) is 0 Å². The van der Waals surface area contributed by atoms with E-state index in [4.69, 9.17) is 0 Å². The summed E-state index contributed by atoms with van der Waals surface area (Å²) in [6.45, 7) is 0. The predicted molar refractivity (Wildman–Crippen MR) is 373 cm³/mol. The van der Waals surface area contributed by atoms with Crippen molar-refractivity contribution in [3.05, 3.63) is 328 Å². The van der Waals surface area contributed by atoms with Crippen molar-refractivity contribution < 1.29 is 0 Å². The highest BCUT2D eigenvalue weighted by Crippen LogP contribution is 2.45. The highest BCUT2D eigenvalue weighted by atomic mass is 15.1. The molecule has 88 heavy (non-hydrogen) atoms. The van der Waals surface area contributed by atoms with Crippen LogP contribution in [0.5, 0.6) is 0 Å². The van der Waals surface area contributed by atoms with Crippen LogP contribution in [-0.4, -0.2) is 13.7 Å². The number of aromatic nitrogens is 3. The van der Waals surface area contributed by atoms with Crippen LogP contribution in [0.15, 0.2) is 328 Å². The van der Waals surface area contributed by atoms with Gasteiger partial charge < -0.3 is 18.6 Å². The third-order valence-corrected chi connectivity index (χ3v) is 18.4. The first kappa shape index (κ1) is 49.7. The molecule has 4 nitrogen and oxygen atoms in total. The fourth-order valence-corrected chi connectivity index (χ4v) is 14.3. The predicted octanol–water partition coefficient (Wildman–Crippen LogP) is 22.9. The van der Waals surface area contributed by atoms with Crippen LogP contribution in [0.1, 0.15) is 0 Å². The highest BCUT2D eigenvalue weighted by Gasteiger charge is 2.22. The van der Waals surface area contributed by atoms with E-state index in [0.29, 0.717) is 0 Å². The Kier molecular flexibility index (Phi) is 11.3. The number of anilines is 3. The highest BCUT2D eigenvalue weighted by molar-refractivity contribution is 6.24. The Bertz CT molecular complexity index is 5190. The normalized spacial score (nSPS) is 11.9. The molecular formula is C84H54N4. The topological polar surface area (TPSA) is 18.0 Å². The average molecular weight is 1120 g/mol. The van der Waals surface area contributed by atoms with Gasteiger partial charge in [0.05, 0.1) is 33.1 Å². The van der Waals surface area contributed by atoms with Crippen LogP contribution < -0.4 is 4.90 Å². The lowest BCUT2D eigenvalue weighted by atomic mass is 10.0. The molecule has 0 aliphatic heterocycles. The third-order valence-electron chi connectivity index (χ3n) is 18.4. The van der Waals surface area contributed by atoms with Gasteiger partial charge in [0.15, 0.2) is 0 Å². The molecule has 410 valence electrons. The van der Waals surface area contributed by atoms with Gasteiger partial charge in [0.2, 0.25) is 0 Å². The summed E-state index contributed by atoms with van der Waals surface area (Å²) in [6, 6.07) is 121. The largest absolute Gasteiger partial charge is 0.310 e. The second-order valence-electron chi connectivity index (χ2n) is 23.2. The molecule has 3 aromatic heterocycles. The Labute approximate surface area is 508 Å².